The first-order valence-corrected chi connectivity index (χ1v) is 29.1. The quantitative estimate of drug-likeness (QED) is 0.117. The van der Waals surface area contributed by atoms with Gasteiger partial charge < -0.3 is 24.4 Å². The Bertz CT molecular complexity index is 3770. The lowest BCUT2D eigenvalue weighted by molar-refractivity contribution is 0.0848. The van der Waals surface area contributed by atoms with Gasteiger partial charge in [0.05, 0.1) is 21.9 Å². The monoisotopic (exact) mass is 1080 g/mol. The molecule has 13 nitrogen and oxygen atoms in total. The summed E-state index contributed by atoms with van der Waals surface area (Å²) in [7, 11) is 0. The van der Waals surface area contributed by atoms with Gasteiger partial charge in [0.1, 0.15) is 58.9 Å². The van der Waals surface area contributed by atoms with Crippen molar-refractivity contribution in [3.8, 4) is 34.5 Å². The number of fused-ring (bicyclic) bond motifs is 6. The number of aromatic nitrogens is 6. The van der Waals surface area contributed by atoms with Crippen LogP contribution < -0.4 is 19.3 Å². The van der Waals surface area contributed by atoms with E-state index in [1.54, 1.807) is 48.8 Å². The van der Waals surface area contributed by atoms with E-state index in [1.165, 1.54) is 31.4 Å². The SMILES string of the molecule is OCC1CCCN(c2nc(OCC34CCCN3C(c3ccc(F)c5c(-c6ncc7c(N8CCCC9(CC9)C8)nc(OCC89CCCN8CCC9)nc7c6F)cccc35)CC4)nc3c(F)c(-c4cccc5cccc(F)c45)ncc23)C1. The third-order valence-corrected chi connectivity index (χ3v) is 19.7. The zero-order chi connectivity index (χ0) is 53.9. The Hall–Kier alpha value is -6.82. The first kappa shape index (κ1) is 50.2. The van der Waals surface area contributed by atoms with Crippen molar-refractivity contribution in [3.05, 3.63) is 108 Å². The van der Waals surface area contributed by atoms with E-state index in [4.69, 9.17) is 34.4 Å². The fourth-order valence-corrected chi connectivity index (χ4v) is 15.5. The molecule has 4 aromatic carbocycles. The number of piperidine rings is 2. The number of anilines is 2. The minimum absolute atomic E-state index is 0.0102. The van der Waals surface area contributed by atoms with Gasteiger partial charge in [-0.05, 0) is 149 Å². The van der Waals surface area contributed by atoms with E-state index >= 15 is 17.6 Å². The van der Waals surface area contributed by atoms with Gasteiger partial charge in [-0.25, -0.2) is 17.6 Å². The highest BCUT2D eigenvalue weighted by atomic mass is 19.1. The van der Waals surface area contributed by atoms with Gasteiger partial charge in [0, 0.05) is 73.1 Å². The molecule has 0 radical (unpaired) electrons. The lowest BCUT2D eigenvalue weighted by Gasteiger charge is -2.35. The largest absolute Gasteiger partial charge is 0.461 e. The van der Waals surface area contributed by atoms with Crippen molar-refractivity contribution in [1.29, 1.82) is 0 Å². The number of hydrogen-bond acceptors (Lipinski definition) is 13. The molecular weight excluding hydrogens is 1020 g/mol. The van der Waals surface area contributed by atoms with Gasteiger partial charge in [-0.1, -0.05) is 54.6 Å². The number of rotatable bonds is 12. The molecule has 1 spiro atoms. The van der Waals surface area contributed by atoms with Crippen LogP contribution in [-0.2, 0) is 0 Å². The lowest BCUT2D eigenvalue weighted by Crippen LogP contribution is -2.44. The van der Waals surface area contributed by atoms with Gasteiger partial charge >= 0.3 is 12.0 Å². The van der Waals surface area contributed by atoms with E-state index < -0.39 is 28.8 Å². The molecule has 6 saturated heterocycles. The molecule has 4 aromatic heterocycles. The first-order chi connectivity index (χ1) is 39.1. The molecule has 3 unspecified atom stereocenters. The minimum atomic E-state index is -0.708. The van der Waals surface area contributed by atoms with Gasteiger partial charge in [-0.2, -0.15) is 19.9 Å². The van der Waals surface area contributed by atoms with E-state index in [9.17, 15) is 5.11 Å². The van der Waals surface area contributed by atoms with Gasteiger partial charge in [-0.3, -0.25) is 19.8 Å². The zero-order valence-corrected chi connectivity index (χ0v) is 44.9. The second-order valence-electron chi connectivity index (χ2n) is 24.3. The van der Waals surface area contributed by atoms with Gasteiger partial charge in [0.15, 0.2) is 11.6 Å². The fraction of sp³-hybridized carbons (Fsp3) is 0.460. The maximum Gasteiger partial charge on any atom is 0.319 e. The summed E-state index contributed by atoms with van der Waals surface area (Å²) in [4.78, 5) is 38.3. The molecule has 7 aliphatic rings. The molecule has 1 saturated carbocycles. The van der Waals surface area contributed by atoms with Crippen LogP contribution in [0.1, 0.15) is 101 Å². The Morgan fingerprint density at radius 2 is 1.18 bits per heavy atom. The average Bonchev–Trinajstić information content (AvgIpc) is 3.88. The zero-order valence-electron chi connectivity index (χ0n) is 44.9. The number of ether oxygens (including phenoxy) is 2. The smallest absolute Gasteiger partial charge is 0.319 e. The molecule has 0 amide bonds. The van der Waals surface area contributed by atoms with Crippen molar-refractivity contribution in [1.82, 2.24) is 39.7 Å². The average molecular weight is 1090 g/mol. The molecule has 80 heavy (non-hydrogen) atoms. The van der Waals surface area contributed by atoms with Crippen molar-refractivity contribution in [2.75, 3.05) is 75.4 Å². The van der Waals surface area contributed by atoms with Crippen LogP contribution in [0.2, 0.25) is 0 Å². The molecule has 7 fully saturated rings. The van der Waals surface area contributed by atoms with Crippen LogP contribution in [0.25, 0.3) is 65.9 Å². The molecule has 1 aliphatic carbocycles. The summed E-state index contributed by atoms with van der Waals surface area (Å²) in [6.45, 7) is 6.36. The van der Waals surface area contributed by atoms with Crippen molar-refractivity contribution < 1.29 is 32.1 Å². The predicted octanol–water partition coefficient (Wildman–Crippen LogP) is 11.9. The third kappa shape index (κ3) is 8.25. The highest BCUT2D eigenvalue weighted by Crippen LogP contribution is 2.54. The van der Waals surface area contributed by atoms with Crippen molar-refractivity contribution in [3.63, 3.8) is 0 Å². The maximum absolute atomic E-state index is 17.7. The van der Waals surface area contributed by atoms with Crippen LogP contribution in [0.15, 0.2) is 79.1 Å². The summed E-state index contributed by atoms with van der Waals surface area (Å²) >= 11 is 0. The second-order valence-corrected chi connectivity index (χ2v) is 24.3. The Labute approximate surface area is 461 Å². The van der Waals surface area contributed by atoms with Crippen LogP contribution in [0, 0.1) is 34.6 Å². The number of aliphatic hydroxyl groups is 1. The Balaban J connectivity index is 0.761. The Kier molecular flexibility index (Phi) is 12.2. The van der Waals surface area contributed by atoms with Crippen LogP contribution >= 0.6 is 0 Å². The minimum Gasteiger partial charge on any atom is -0.461 e. The molecule has 8 aromatic rings. The standard InChI is InChI=1S/C63H64F4N10O3/c64-46-15-2-11-39-10-1-13-42(49(39)46)53-51(66)55-44(31-68-53)57(74-26-4-9-38(33-74)34-78)72-59(70-55)80-37-63-22-8-30-77(63)48(18-23-63)40-16-17-47(65)50-41(40)12-3-14-43(50)54-52(67)56-45(32-69-54)58(75-27-5-19-61(35-75)24-25-61)73-60(71-56)79-36-62-20-6-28-76(62)29-7-21-62/h1-3,10-17,31-32,38,48,78H,4-9,18-30,33-37H2. The summed E-state index contributed by atoms with van der Waals surface area (Å²) in [5, 5.41) is 13.0. The van der Waals surface area contributed by atoms with E-state index in [1.807, 2.05) is 23.1 Å². The Morgan fingerprint density at radius 1 is 0.562 bits per heavy atom. The molecule has 3 atom stereocenters. The molecule has 10 heterocycles. The number of halogens is 4. The van der Waals surface area contributed by atoms with Crippen LogP contribution in [0.4, 0.5) is 29.2 Å². The summed E-state index contributed by atoms with van der Waals surface area (Å²) in [6.07, 6.45) is 17.1. The summed E-state index contributed by atoms with van der Waals surface area (Å²) in [5.74, 6) is -1.17. The fourth-order valence-electron chi connectivity index (χ4n) is 15.5. The van der Waals surface area contributed by atoms with Crippen LogP contribution in [-0.4, -0.2) is 122 Å². The number of nitrogens with zero attached hydrogens (tertiary/aromatic N) is 10. The van der Waals surface area contributed by atoms with E-state index in [0.29, 0.717) is 69.4 Å². The van der Waals surface area contributed by atoms with Crippen LogP contribution in [0.3, 0.4) is 0 Å². The van der Waals surface area contributed by atoms with E-state index in [0.717, 1.165) is 109 Å². The topological polar surface area (TPSA) is 129 Å². The number of aliphatic hydroxyl groups excluding tert-OH is 1. The second kappa shape index (κ2) is 19.4. The van der Waals surface area contributed by atoms with Crippen molar-refractivity contribution in [2.45, 2.75) is 107 Å². The lowest BCUT2D eigenvalue weighted by atomic mass is 9.92. The van der Waals surface area contributed by atoms with Crippen LogP contribution in [0.5, 0.6) is 12.0 Å². The molecule has 6 aliphatic heterocycles. The molecule has 15 rings (SSSR count). The van der Waals surface area contributed by atoms with Gasteiger partial charge in [-0.15, -0.1) is 0 Å². The van der Waals surface area contributed by atoms with Gasteiger partial charge in [0.25, 0.3) is 0 Å². The molecule has 412 valence electrons. The number of hydrogen-bond donors (Lipinski definition) is 1. The highest BCUT2D eigenvalue weighted by molar-refractivity contribution is 6.02. The maximum atomic E-state index is 17.7. The predicted molar refractivity (Wildman–Crippen MR) is 300 cm³/mol. The third-order valence-electron chi connectivity index (χ3n) is 19.7. The van der Waals surface area contributed by atoms with Crippen molar-refractivity contribution in [2.24, 2.45) is 11.3 Å². The molecule has 17 heteroatoms. The normalized spacial score (nSPS) is 23.5. The van der Waals surface area contributed by atoms with E-state index in [2.05, 4.69) is 19.7 Å². The summed E-state index contributed by atoms with van der Waals surface area (Å²) < 4.78 is 80.4. The summed E-state index contributed by atoms with van der Waals surface area (Å²) in [6, 6.07) is 18.9. The Morgan fingerprint density at radius 3 is 1.89 bits per heavy atom. The number of pyridine rings is 2. The van der Waals surface area contributed by atoms with E-state index in [-0.39, 0.29) is 76.0 Å². The van der Waals surface area contributed by atoms with Crippen molar-refractivity contribution >= 4 is 55.0 Å². The molecule has 0 bridgehead atoms. The molecular formula is C63H64F4N10O3. The number of benzene rings is 4. The summed E-state index contributed by atoms with van der Waals surface area (Å²) in [5.41, 5.74) is 1.50. The highest BCUT2D eigenvalue weighted by Gasteiger charge is 2.51. The van der Waals surface area contributed by atoms with Gasteiger partial charge in [0.2, 0.25) is 0 Å². The molecule has 1 N–H and O–H groups in total. The first-order valence-electron chi connectivity index (χ1n) is 29.1.